The number of ether oxygens (including phenoxy) is 2. The van der Waals surface area contributed by atoms with Gasteiger partial charge in [0.25, 0.3) is 5.91 Å². The van der Waals surface area contributed by atoms with E-state index in [0.717, 1.165) is 35.3 Å². The van der Waals surface area contributed by atoms with Gasteiger partial charge in [-0.25, -0.2) is 0 Å². The van der Waals surface area contributed by atoms with Crippen LogP contribution in [0.3, 0.4) is 0 Å². The molecule has 150 valence electrons. The van der Waals surface area contributed by atoms with Crippen molar-refractivity contribution < 1.29 is 19.1 Å². The van der Waals surface area contributed by atoms with Crippen LogP contribution in [0, 0.1) is 0 Å². The summed E-state index contributed by atoms with van der Waals surface area (Å²) in [7, 11) is 5.03. The lowest BCUT2D eigenvalue weighted by atomic mass is 10.1. The molecule has 0 saturated heterocycles. The van der Waals surface area contributed by atoms with Crippen molar-refractivity contribution in [3.8, 4) is 11.5 Å². The first-order valence-electron chi connectivity index (χ1n) is 9.07. The van der Waals surface area contributed by atoms with Crippen molar-refractivity contribution in [2.24, 2.45) is 5.73 Å². The highest BCUT2D eigenvalue weighted by molar-refractivity contribution is 7.17. The van der Waals surface area contributed by atoms with Gasteiger partial charge in [0, 0.05) is 17.0 Å². The van der Waals surface area contributed by atoms with E-state index < -0.39 is 5.91 Å². The number of hydrogen-bond acceptors (Lipinski definition) is 6. The van der Waals surface area contributed by atoms with Crippen molar-refractivity contribution in [3.63, 3.8) is 0 Å². The number of thiophene rings is 1. The monoisotopic (exact) mass is 403 g/mol. The van der Waals surface area contributed by atoms with Gasteiger partial charge in [-0.05, 0) is 37.9 Å². The van der Waals surface area contributed by atoms with Crippen LogP contribution in [-0.4, -0.2) is 44.5 Å². The average molecular weight is 404 g/mol. The lowest BCUT2D eigenvalue weighted by Gasteiger charge is -2.19. The van der Waals surface area contributed by atoms with Crippen LogP contribution in [0.1, 0.15) is 32.8 Å². The molecule has 0 aliphatic heterocycles. The number of carbonyl (C=O) groups is 2. The highest BCUT2D eigenvalue weighted by Gasteiger charge is 2.26. The number of anilines is 1. The van der Waals surface area contributed by atoms with E-state index in [1.807, 2.05) is 30.1 Å². The van der Waals surface area contributed by atoms with Crippen LogP contribution >= 0.6 is 11.3 Å². The molecule has 0 unspecified atom stereocenters. The fraction of sp³-hybridized carbons (Fsp3) is 0.400. The molecule has 2 amide bonds. The molecule has 3 rings (SSSR count). The maximum Gasteiger partial charge on any atom is 0.251 e. The van der Waals surface area contributed by atoms with Gasteiger partial charge in [-0.3, -0.25) is 14.5 Å². The van der Waals surface area contributed by atoms with Crippen molar-refractivity contribution in [3.05, 3.63) is 39.8 Å². The molecule has 28 heavy (non-hydrogen) atoms. The van der Waals surface area contributed by atoms with Gasteiger partial charge in [0.1, 0.15) is 5.00 Å². The van der Waals surface area contributed by atoms with Crippen molar-refractivity contribution in [2.75, 3.05) is 33.1 Å². The molecule has 8 heteroatoms. The normalized spacial score (nSPS) is 12.7. The first-order chi connectivity index (χ1) is 13.4. The van der Waals surface area contributed by atoms with Crippen molar-refractivity contribution in [2.45, 2.75) is 25.8 Å². The van der Waals surface area contributed by atoms with E-state index in [1.54, 1.807) is 14.2 Å². The second-order valence-electron chi connectivity index (χ2n) is 6.80. The van der Waals surface area contributed by atoms with E-state index in [9.17, 15) is 9.59 Å². The van der Waals surface area contributed by atoms with Gasteiger partial charge in [0.2, 0.25) is 5.91 Å². The Labute approximate surface area is 168 Å². The lowest BCUT2D eigenvalue weighted by molar-refractivity contribution is -0.117. The van der Waals surface area contributed by atoms with Crippen LogP contribution in [0.5, 0.6) is 11.5 Å². The van der Waals surface area contributed by atoms with E-state index in [2.05, 4.69) is 5.32 Å². The second-order valence-corrected chi connectivity index (χ2v) is 7.90. The zero-order chi connectivity index (χ0) is 20.3. The lowest BCUT2D eigenvalue weighted by Crippen LogP contribution is -2.30. The fourth-order valence-electron chi connectivity index (χ4n) is 3.59. The molecular weight excluding hydrogens is 378 g/mol. The summed E-state index contributed by atoms with van der Waals surface area (Å²) in [6.07, 6.45) is 2.81. The Kier molecular flexibility index (Phi) is 6.21. The molecule has 1 aliphatic carbocycles. The molecule has 0 saturated carbocycles. The van der Waals surface area contributed by atoms with Crippen molar-refractivity contribution in [1.29, 1.82) is 0 Å². The zero-order valence-electron chi connectivity index (χ0n) is 16.3. The summed E-state index contributed by atoms with van der Waals surface area (Å²) in [5, 5.41) is 3.43. The third kappa shape index (κ3) is 4.13. The van der Waals surface area contributed by atoms with Gasteiger partial charge in [0.15, 0.2) is 11.5 Å². The molecular formula is C20H25N3O4S. The minimum absolute atomic E-state index is 0.168. The van der Waals surface area contributed by atoms with Crippen LogP contribution in [0.25, 0.3) is 0 Å². The summed E-state index contributed by atoms with van der Waals surface area (Å²) >= 11 is 1.46. The van der Waals surface area contributed by atoms with Gasteiger partial charge in [0.05, 0.1) is 26.3 Å². The molecule has 0 atom stereocenters. The number of hydrogen-bond donors (Lipinski definition) is 2. The summed E-state index contributed by atoms with van der Waals surface area (Å²) in [5.41, 5.74) is 7.95. The number of aryl methyl sites for hydroxylation is 1. The highest BCUT2D eigenvalue weighted by atomic mass is 32.1. The van der Waals surface area contributed by atoms with E-state index in [0.29, 0.717) is 28.6 Å². The Balaban J connectivity index is 1.67. The van der Waals surface area contributed by atoms with Crippen LogP contribution < -0.4 is 20.5 Å². The Morgan fingerprint density at radius 3 is 2.71 bits per heavy atom. The number of fused-ring (bicyclic) bond motifs is 1. The third-order valence-electron chi connectivity index (χ3n) is 4.76. The summed E-state index contributed by atoms with van der Waals surface area (Å²) in [4.78, 5) is 27.4. The number of nitrogens with two attached hydrogens (primary N) is 1. The average Bonchev–Trinajstić information content (AvgIpc) is 3.21. The Morgan fingerprint density at radius 2 is 2.04 bits per heavy atom. The molecule has 0 fully saturated rings. The van der Waals surface area contributed by atoms with Crippen LogP contribution in [0.2, 0.25) is 0 Å². The molecule has 0 bridgehead atoms. The van der Waals surface area contributed by atoms with Gasteiger partial charge in [-0.2, -0.15) is 0 Å². The molecule has 1 heterocycles. The van der Waals surface area contributed by atoms with E-state index in [1.165, 1.54) is 11.3 Å². The number of likely N-dealkylation sites (N-methyl/N-ethyl adjacent to an activating group) is 1. The molecule has 0 radical (unpaired) electrons. The predicted molar refractivity (Wildman–Crippen MR) is 109 cm³/mol. The number of methoxy groups -OCH3 is 2. The Hall–Kier alpha value is -2.58. The van der Waals surface area contributed by atoms with Gasteiger partial charge in [-0.15, -0.1) is 11.3 Å². The number of carbonyl (C=O) groups excluding carboxylic acids is 2. The van der Waals surface area contributed by atoms with E-state index in [4.69, 9.17) is 15.2 Å². The number of nitrogens with one attached hydrogen (secondary N) is 1. The number of para-hydroxylation sites is 1. The van der Waals surface area contributed by atoms with Crippen molar-refractivity contribution >= 4 is 28.2 Å². The van der Waals surface area contributed by atoms with Crippen LogP contribution in [0.15, 0.2) is 18.2 Å². The molecule has 1 aromatic heterocycles. The first-order valence-corrected chi connectivity index (χ1v) is 9.88. The van der Waals surface area contributed by atoms with Gasteiger partial charge >= 0.3 is 0 Å². The number of amides is 2. The Morgan fingerprint density at radius 1 is 1.25 bits per heavy atom. The van der Waals surface area contributed by atoms with E-state index in [-0.39, 0.29) is 12.5 Å². The number of benzene rings is 1. The fourth-order valence-corrected chi connectivity index (χ4v) is 4.90. The first kappa shape index (κ1) is 20.2. The highest BCUT2D eigenvalue weighted by Crippen LogP contribution is 2.38. The maximum absolute atomic E-state index is 12.5. The second kappa shape index (κ2) is 8.62. The molecule has 0 spiro atoms. The minimum Gasteiger partial charge on any atom is -0.493 e. The molecule has 7 nitrogen and oxygen atoms in total. The molecule has 1 aliphatic rings. The number of primary amides is 1. The topological polar surface area (TPSA) is 93.9 Å². The minimum atomic E-state index is -0.482. The zero-order valence-corrected chi connectivity index (χ0v) is 17.1. The van der Waals surface area contributed by atoms with Crippen LogP contribution in [0.4, 0.5) is 5.00 Å². The maximum atomic E-state index is 12.5. The molecule has 3 N–H and O–H groups in total. The largest absolute Gasteiger partial charge is 0.493 e. The summed E-state index contributed by atoms with van der Waals surface area (Å²) in [6.45, 7) is 0.679. The summed E-state index contributed by atoms with van der Waals surface area (Å²) < 4.78 is 10.8. The summed E-state index contributed by atoms with van der Waals surface area (Å²) in [6, 6.07) is 5.65. The number of nitrogens with zero attached hydrogens (tertiary/aromatic N) is 1. The molecule has 1 aromatic carbocycles. The van der Waals surface area contributed by atoms with Gasteiger partial charge in [-0.1, -0.05) is 12.1 Å². The third-order valence-corrected chi connectivity index (χ3v) is 5.97. The Bertz CT molecular complexity index is 894. The van der Waals surface area contributed by atoms with Gasteiger partial charge < -0.3 is 20.5 Å². The smallest absolute Gasteiger partial charge is 0.251 e. The van der Waals surface area contributed by atoms with E-state index >= 15 is 0 Å². The standard InChI is InChI=1S/C20H25N3O4S/c1-23(10-12-6-4-8-14(26-2)18(12)27-3)11-16(24)22-20-17(19(21)25)13-7-5-9-15(13)28-20/h4,6,8H,5,7,9-11H2,1-3H3,(H2,21,25)(H,22,24). The van der Waals surface area contributed by atoms with Crippen molar-refractivity contribution in [1.82, 2.24) is 4.90 Å². The quantitative estimate of drug-likeness (QED) is 0.706. The number of rotatable bonds is 8. The summed E-state index contributed by atoms with van der Waals surface area (Å²) in [5.74, 6) is 0.635. The molecule has 2 aromatic rings. The SMILES string of the molecule is COc1cccc(CN(C)CC(=O)Nc2sc3c(c2C(N)=O)CCC3)c1OC. The predicted octanol–water partition coefficient (Wildman–Crippen LogP) is 2.42. The van der Waals surface area contributed by atoms with Crippen LogP contribution in [-0.2, 0) is 24.2 Å².